The predicted octanol–water partition coefficient (Wildman–Crippen LogP) is 5.35. The number of hydrogen-bond acceptors (Lipinski definition) is 4. The fourth-order valence-corrected chi connectivity index (χ4v) is 5.34. The first kappa shape index (κ1) is 26.9. The van der Waals surface area contributed by atoms with Crippen molar-refractivity contribution < 1.29 is 27.9 Å². The molecule has 0 bridgehead atoms. The number of aliphatic hydroxyl groups is 1. The number of allylic oxidation sites excluding steroid dienone is 2. The van der Waals surface area contributed by atoms with E-state index in [2.05, 4.69) is 10.4 Å². The van der Waals surface area contributed by atoms with E-state index in [1.807, 2.05) is 25.2 Å². The molecule has 0 spiro atoms. The van der Waals surface area contributed by atoms with Gasteiger partial charge in [-0.1, -0.05) is 54.1 Å². The van der Waals surface area contributed by atoms with Gasteiger partial charge in [0.15, 0.2) is 0 Å². The molecular weight excluding hydrogens is 531 g/mol. The summed E-state index contributed by atoms with van der Waals surface area (Å²) in [6, 6.07) is 11.6. The molecule has 2 aromatic carbocycles. The fourth-order valence-electron chi connectivity index (χ4n) is 5.21. The molecule has 6 nitrogen and oxygen atoms in total. The van der Waals surface area contributed by atoms with Gasteiger partial charge in [-0.15, -0.1) is 0 Å². The SMILES string of the molecule is CC12CC=CC=C1C(c1cccc(F)c1)=C(C1=NN(C(=O)CC(F)(F)CO)C(c3ccc(Cl)cc3)C1)C(=O)N2. The third kappa shape index (κ3) is 5.16. The van der Waals surface area contributed by atoms with E-state index in [9.17, 15) is 22.8 Å². The predicted molar refractivity (Wildman–Crippen MR) is 141 cm³/mol. The molecule has 10 heteroatoms. The zero-order valence-corrected chi connectivity index (χ0v) is 21.7. The zero-order chi connectivity index (χ0) is 27.9. The highest BCUT2D eigenvalue weighted by Gasteiger charge is 2.45. The summed E-state index contributed by atoms with van der Waals surface area (Å²) >= 11 is 6.03. The van der Waals surface area contributed by atoms with E-state index in [-0.39, 0.29) is 17.7 Å². The minimum absolute atomic E-state index is 0.0411. The molecule has 5 rings (SSSR count). The molecule has 3 aliphatic rings. The maximum Gasteiger partial charge on any atom is 0.279 e. The van der Waals surface area contributed by atoms with Crippen molar-refractivity contribution >= 4 is 34.7 Å². The molecule has 2 heterocycles. The molecule has 0 fully saturated rings. The van der Waals surface area contributed by atoms with Crippen molar-refractivity contribution in [3.05, 3.63) is 99.9 Å². The summed E-state index contributed by atoms with van der Waals surface area (Å²) in [6.45, 7) is 0.377. The Morgan fingerprint density at radius 3 is 2.67 bits per heavy atom. The van der Waals surface area contributed by atoms with Gasteiger partial charge in [-0.2, -0.15) is 5.10 Å². The number of fused-ring (bicyclic) bond motifs is 1. The highest BCUT2D eigenvalue weighted by Crippen LogP contribution is 2.44. The highest BCUT2D eigenvalue weighted by molar-refractivity contribution is 6.31. The Labute approximate surface area is 228 Å². The number of amides is 2. The molecule has 39 heavy (non-hydrogen) atoms. The number of carbonyl (C=O) groups is 2. The number of alkyl halides is 2. The largest absolute Gasteiger partial charge is 0.390 e. The number of halogens is 4. The second-order valence-corrected chi connectivity index (χ2v) is 10.4. The first-order valence-electron chi connectivity index (χ1n) is 12.4. The summed E-state index contributed by atoms with van der Waals surface area (Å²) in [5.41, 5.74) is 1.82. The van der Waals surface area contributed by atoms with Crippen molar-refractivity contribution in [2.24, 2.45) is 5.10 Å². The lowest BCUT2D eigenvalue weighted by atomic mass is 9.73. The average Bonchev–Trinajstić information content (AvgIpc) is 3.33. The van der Waals surface area contributed by atoms with Gasteiger partial charge in [0, 0.05) is 17.0 Å². The maximum atomic E-state index is 14.4. The highest BCUT2D eigenvalue weighted by atomic mass is 35.5. The summed E-state index contributed by atoms with van der Waals surface area (Å²) in [5, 5.41) is 17.9. The van der Waals surface area contributed by atoms with Crippen LogP contribution in [0.15, 0.2) is 83.0 Å². The van der Waals surface area contributed by atoms with Gasteiger partial charge in [0.2, 0.25) is 5.91 Å². The molecular formula is C29H25ClF3N3O3. The lowest BCUT2D eigenvalue weighted by Gasteiger charge is -2.40. The molecule has 2 aromatic rings. The van der Waals surface area contributed by atoms with Gasteiger partial charge < -0.3 is 10.4 Å². The smallest absolute Gasteiger partial charge is 0.279 e. The Morgan fingerprint density at radius 1 is 1.23 bits per heavy atom. The van der Waals surface area contributed by atoms with Gasteiger partial charge in [-0.3, -0.25) is 9.59 Å². The molecule has 0 aromatic heterocycles. The summed E-state index contributed by atoms with van der Waals surface area (Å²) < 4.78 is 42.4. The van der Waals surface area contributed by atoms with E-state index in [1.54, 1.807) is 30.3 Å². The van der Waals surface area contributed by atoms with Crippen molar-refractivity contribution in [3.8, 4) is 0 Å². The molecule has 2 N–H and O–H groups in total. The second-order valence-electron chi connectivity index (χ2n) is 10.0. The molecule has 0 radical (unpaired) electrons. The van der Waals surface area contributed by atoms with Crippen LogP contribution in [0, 0.1) is 5.82 Å². The Hall–Kier alpha value is -3.69. The number of rotatable bonds is 6. The summed E-state index contributed by atoms with van der Waals surface area (Å²) in [7, 11) is 0. The number of carbonyl (C=O) groups excluding carboxylic acids is 2. The Kier molecular flexibility index (Phi) is 6.99. The molecule has 2 aliphatic heterocycles. The summed E-state index contributed by atoms with van der Waals surface area (Å²) in [5.74, 6) is -5.62. The Bertz CT molecular complexity index is 1470. The van der Waals surface area contributed by atoms with E-state index < -0.39 is 48.2 Å². The molecule has 0 saturated heterocycles. The van der Waals surface area contributed by atoms with Crippen LogP contribution in [0.1, 0.15) is 43.4 Å². The molecule has 2 atom stereocenters. The zero-order valence-electron chi connectivity index (χ0n) is 20.9. The minimum Gasteiger partial charge on any atom is -0.390 e. The lowest BCUT2D eigenvalue weighted by molar-refractivity contribution is -0.143. The van der Waals surface area contributed by atoms with Gasteiger partial charge in [-0.25, -0.2) is 18.2 Å². The van der Waals surface area contributed by atoms with Crippen LogP contribution in [0.3, 0.4) is 0 Å². The van der Waals surface area contributed by atoms with Gasteiger partial charge in [0.05, 0.1) is 29.3 Å². The molecule has 2 amide bonds. The standard InChI is InChI=1S/C29H25ClF3N3O3/c1-28-12-3-2-7-21(28)25(18-5-4-6-20(31)13-18)26(27(39)34-28)22-14-23(17-8-10-19(30)11-9-17)36(35-22)24(38)15-29(32,33)16-37/h2-11,13,23,37H,12,14-16H2,1H3,(H,34,39). The van der Waals surface area contributed by atoms with Crippen molar-refractivity contribution in [1.29, 1.82) is 0 Å². The number of hydrogen-bond donors (Lipinski definition) is 2. The van der Waals surface area contributed by atoms with E-state index in [1.165, 1.54) is 18.2 Å². The van der Waals surface area contributed by atoms with Gasteiger partial charge >= 0.3 is 0 Å². The van der Waals surface area contributed by atoms with E-state index in [0.717, 1.165) is 10.6 Å². The third-order valence-corrected chi connectivity index (χ3v) is 7.37. The van der Waals surface area contributed by atoms with Gasteiger partial charge in [0.25, 0.3) is 11.8 Å². The van der Waals surface area contributed by atoms with Crippen LogP contribution in [0.25, 0.3) is 5.57 Å². The molecule has 1 aliphatic carbocycles. The second kappa shape index (κ2) is 10.1. The molecule has 0 saturated carbocycles. The minimum atomic E-state index is -3.64. The first-order valence-corrected chi connectivity index (χ1v) is 12.7. The van der Waals surface area contributed by atoms with Crippen molar-refractivity contribution in [1.82, 2.24) is 10.3 Å². The fraction of sp³-hybridized carbons (Fsp3) is 0.276. The average molecular weight is 556 g/mol. The van der Waals surface area contributed by atoms with Crippen LogP contribution in [-0.2, 0) is 9.59 Å². The third-order valence-electron chi connectivity index (χ3n) is 7.12. The number of nitrogens with one attached hydrogen (secondary N) is 1. The van der Waals surface area contributed by atoms with Gasteiger partial charge in [0.1, 0.15) is 12.4 Å². The van der Waals surface area contributed by atoms with E-state index in [4.69, 9.17) is 16.7 Å². The number of benzene rings is 2. The maximum absolute atomic E-state index is 14.4. The van der Waals surface area contributed by atoms with Crippen LogP contribution >= 0.6 is 11.6 Å². The van der Waals surface area contributed by atoms with Crippen molar-refractivity contribution in [2.45, 2.75) is 43.7 Å². The molecule has 2 unspecified atom stereocenters. The van der Waals surface area contributed by atoms with Crippen LogP contribution in [0.5, 0.6) is 0 Å². The Balaban J connectivity index is 1.68. The van der Waals surface area contributed by atoms with Crippen molar-refractivity contribution in [2.75, 3.05) is 6.61 Å². The van der Waals surface area contributed by atoms with E-state index in [0.29, 0.717) is 28.1 Å². The summed E-state index contributed by atoms with van der Waals surface area (Å²) in [6.07, 6.45) is 4.91. The van der Waals surface area contributed by atoms with Gasteiger partial charge in [-0.05, 0) is 54.3 Å². The van der Waals surface area contributed by atoms with Crippen LogP contribution in [0.2, 0.25) is 5.02 Å². The topological polar surface area (TPSA) is 82.0 Å². The lowest BCUT2D eigenvalue weighted by Crippen LogP contribution is -2.52. The quantitative estimate of drug-likeness (QED) is 0.504. The number of hydrazone groups is 1. The van der Waals surface area contributed by atoms with Crippen molar-refractivity contribution in [3.63, 3.8) is 0 Å². The molecule has 202 valence electrons. The van der Waals surface area contributed by atoms with Crippen LogP contribution in [0.4, 0.5) is 13.2 Å². The Morgan fingerprint density at radius 2 is 1.97 bits per heavy atom. The van der Waals surface area contributed by atoms with E-state index >= 15 is 0 Å². The number of nitrogens with zero attached hydrogens (tertiary/aromatic N) is 2. The normalized spacial score (nSPS) is 22.9. The summed E-state index contributed by atoms with van der Waals surface area (Å²) in [4.78, 5) is 26.8. The monoisotopic (exact) mass is 555 g/mol. The van der Waals surface area contributed by atoms with Crippen LogP contribution in [-0.4, -0.2) is 45.7 Å². The first-order chi connectivity index (χ1) is 18.5. The number of aliphatic hydroxyl groups excluding tert-OH is 1. The van der Waals surface area contributed by atoms with Crippen LogP contribution < -0.4 is 5.32 Å².